The molecule has 2 heterocycles. The van der Waals surface area contributed by atoms with Crippen molar-refractivity contribution in [3.05, 3.63) is 48.0 Å². The van der Waals surface area contributed by atoms with Crippen LogP contribution in [-0.2, 0) is 19.1 Å². The van der Waals surface area contributed by atoms with Gasteiger partial charge in [-0.15, -0.1) is 0 Å². The van der Waals surface area contributed by atoms with E-state index in [9.17, 15) is 14.7 Å². The largest absolute Gasteiger partial charge is 0.394 e. The van der Waals surface area contributed by atoms with Crippen LogP contribution in [0.3, 0.4) is 0 Å². The first-order valence-corrected chi connectivity index (χ1v) is 10.2. The minimum Gasteiger partial charge on any atom is -0.394 e. The van der Waals surface area contributed by atoms with E-state index < -0.39 is 18.2 Å². The van der Waals surface area contributed by atoms with Crippen molar-refractivity contribution in [3.8, 4) is 0 Å². The zero-order chi connectivity index (χ0) is 20.6. The number of ether oxygens (including phenoxy) is 2. The minimum absolute atomic E-state index is 0.0436. The minimum atomic E-state index is -0.576. The van der Waals surface area contributed by atoms with Crippen molar-refractivity contribution in [2.45, 2.75) is 50.5 Å². The quantitative estimate of drug-likeness (QED) is 0.601. The van der Waals surface area contributed by atoms with Crippen LogP contribution < -0.4 is 10.6 Å². The molecule has 4 atom stereocenters. The highest BCUT2D eigenvalue weighted by Gasteiger charge is 2.31. The number of amides is 2. The lowest BCUT2D eigenvalue weighted by atomic mass is 9.97. The number of hydrogen-bond donors (Lipinski definition) is 3. The van der Waals surface area contributed by atoms with E-state index in [1.807, 2.05) is 43.3 Å². The van der Waals surface area contributed by atoms with E-state index in [2.05, 4.69) is 10.6 Å². The molecule has 0 radical (unpaired) electrons. The molecule has 0 unspecified atom stereocenters. The molecule has 0 aliphatic carbocycles. The van der Waals surface area contributed by atoms with Crippen molar-refractivity contribution in [3.63, 3.8) is 0 Å². The molecule has 0 spiro atoms. The van der Waals surface area contributed by atoms with E-state index in [0.29, 0.717) is 26.1 Å². The number of carbonyl (C=O) groups excluding carboxylic acids is 2. The summed E-state index contributed by atoms with van der Waals surface area (Å²) in [6.45, 7) is 2.89. The Morgan fingerprint density at radius 3 is 2.59 bits per heavy atom. The Morgan fingerprint density at radius 1 is 1.17 bits per heavy atom. The number of carbonyl (C=O) groups is 2. The molecule has 1 aromatic carbocycles. The van der Waals surface area contributed by atoms with Gasteiger partial charge in [0.05, 0.1) is 31.2 Å². The molecule has 0 aromatic heterocycles. The summed E-state index contributed by atoms with van der Waals surface area (Å²) in [5, 5.41) is 15.6. The summed E-state index contributed by atoms with van der Waals surface area (Å²) in [6.07, 6.45) is 4.16. The van der Waals surface area contributed by atoms with Crippen LogP contribution in [-0.4, -0.2) is 55.0 Å². The molecular formula is C22H30N2O5. The van der Waals surface area contributed by atoms with Gasteiger partial charge >= 0.3 is 0 Å². The van der Waals surface area contributed by atoms with Crippen molar-refractivity contribution in [1.29, 1.82) is 0 Å². The van der Waals surface area contributed by atoms with E-state index in [4.69, 9.17) is 9.47 Å². The summed E-state index contributed by atoms with van der Waals surface area (Å²) in [4.78, 5) is 24.8. The van der Waals surface area contributed by atoms with Crippen LogP contribution in [0.2, 0.25) is 0 Å². The number of rotatable bonds is 7. The number of benzene rings is 1. The Hall–Kier alpha value is -2.22. The van der Waals surface area contributed by atoms with Gasteiger partial charge in [0.2, 0.25) is 11.8 Å². The Balaban J connectivity index is 1.51. The molecular weight excluding hydrogens is 372 g/mol. The standard InChI is InChI=1S/C22H30N2O5/c1-15(16-5-3-2-4-6-16)23-21(26)13-18-7-8-19(20(14-25)29-18)24-22(27)17-9-11-28-12-10-17/h2-8,15,17-20,25H,9-14H2,1H3,(H,23,26)(H,24,27)/t15-,18-,19-,20-/m0/s1. The average Bonchev–Trinajstić information content (AvgIpc) is 2.75. The van der Waals surface area contributed by atoms with E-state index >= 15 is 0 Å². The van der Waals surface area contributed by atoms with Gasteiger partial charge in [0.1, 0.15) is 6.10 Å². The predicted molar refractivity (Wildman–Crippen MR) is 108 cm³/mol. The second-order valence-electron chi connectivity index (χ2n) is 7.61. The highest BCUT2D eigenvalue weighted by Crippen LogP contribution is 2.19. The molecule has 0 bridgehead atoms. The monoisotopic (exact) mass is 402 g/mol. The lowest BCUT2D eigenvalue weighted by molar-refractivity contribution is -0.132. The number of aliphatic hydroxyl groups excluding tert-OH is 1. The number of aliphatic hydroxyl groups is 1. The van der Waals surface area contributed by atoms with Gasteiger partial charge in [0, 0.05) is 19.1 Å². The maximum atomic E-state index is 12.4. The normalized spacial score (nSPS) is 25.9. The Morgan fingerprint density at radius 2 is 1.90 bits per heavy atom. The molecule has 2 aliphatic rings. The Bertz CT molecular complexity index is 702. The zero-order valence-corrected chi connectivity index (χ0v) is 16.8. The zero-order valence-electron chi connectivity index (χ0n) is 16.8. The van der Waals surface area contributed by atoms with Gasteiger partial charge in [-0.05, 0) is 25.3 Å². The first kappa shape index (κ1) is 21.5. The van der Waals surface area contributed by atoms with Crippen LogP contribution in [0.1, 0.15) is 37.8 Å². The summed E-state index contributed by atoms with van der Waals surface area (Å²) < 4.78 is 11.1. The third-order valence-corrected chi connectivity index (χ3v) is 5.43. The Labute approximate surface area is 171 Å². The molecule has 2 aliphatic heterocycles. The van der Waals surface area contributed by atoms with E-state index in [-0.39, 0.29) is 36.8 Å². The fraction of sp³-hybridized carbons (Fsp3) is 0.545. The van der Waals surface area contributed by atoms with Crippen LogP contribution in [0.5, 0.6) is 0 Å². The lowest BCUT2D eigenvalue weighted by Crippen LogP contribution is -2.51. The predicted octanol–water partition coefficient (Wildman–Crippen LogP) is 1.48. The van der Waals surface area contributed by atoms with Crippen LogP contribution in [0.4, 0.5) is 0 Å². The second kappa shape index (κ2) is 10.5. The van der Waals surface area contributed by atoms with E-state index in [1.54, 1.807) is 6.08 Å². The van der Waals surface area contributed by atoms with Crippen molar-refractivity contribution >= 4 is 11.8 Å². The van der Waals surface area contributed by atoms with E-state index in [1.165, 1.54) is 0 Å². The molecule has 158 valence electrons. The summed E-state index contributed by atoms with van der Waals surface area (Å²) in [5.74, 6) is -0.241. The smallest absolute Gasteiger partial charge is 0.223 e. The summed E-state index contributed by atoms with van der Waals surface area (Å²) in [7, 11) is 0. The van der Waals surface area contributed by atoms with Crippen LogP contribution in [0.15, 0.2) is 42.5 Å². The molecule has 1 saturated heterocycles. The van der Waals surface area contributed by atoms with Gasteiger partial charge in [0.15, 0.2) is 0 Å². The van der Waals surface area contributed by atoms with Gasteiger partial charge in [0.25, 0.3) is 0 Å². The molecule has 3 N–H and O–H groups in total. The van der Waals surface area contributed by atoms with E-state index in [0.717, 1.165) is 5.56 Å². The molecule has 7 nitrogen and oxygen atoms in total. The van der Waals surface area contributed by atoms with Gasteiger partial charge in [-0.25, -0.2) is 0 Å². The molecule has 1 fully saturated rings. The second-order valence-corrected chi connectivity index (χ2v) is 7.61. The summed E-state index contributed by atoms with van der Waals surface area (Å²) in [6, 6.07) is 9.24. The van der Waals surface area contributed by atoms with Crippen LogP contribution in [0.25, 0.3) is 0 Å². The molecule has 0 saturated carbocycles. The number of nitrogens with one attached hydrogen (secondary N) is 2. The lowest BCUT2D eigenvalue weighted by Gasteiger charge is -2.33. The fourth-order valence-corrected chi connectivity index (χ4v) is 3.69. The molecule has 7 heteroatoms. The van der Waals surface area contributed by atoms with Gasteiger partial charge < -0.3 is 25.2 Å². The van der Waals surface area contributed by atoms with Gasteiger partial charge in [-0.2, -0.15) is 0 Å². The highest BCUT2D eigenvalue weighted by molar-refractivity contribution is 5.79. The average molecular weight is 402 g/mol. The molecule has 1 aromatic rings. The first-order valence-electron chi connectivity index (χ1n) is 10.2. The molecule has 3 rings (SSSR count). The molecule has 2 amide bonds. The van der Waals surface area contributed by atoms with Crippen molar-refractivity contribution in [2.75, 3.05) is 19.8 Å². The molecule has 29 heavy (non-hydrogen) atoms. The van der Waals surface area contributed by atoms with Gasteiger partial charge in [-0.3, -0.25) is 9.59 Å². The number of hydrogen-bond acceptors (Lipinski definition) is 5. The van der Waals surface area contributed by atoms with Crippen molar-refractivity contribution in [1.82, 2.24) is 10.6 Å². The maximum absolute atomic E-state index is 12.4. The Kier molecular flexibility index (Phi) is 7.80. The van der Waals surface area contributed by atoms with Crippen molar-refractivity contribution < 1.29 is 24.2 Å². The third-order valence-electron chi connectivity index (χ3n) is 5.43. The first-order chi connectivity index (χ1) is 14.1. The summed E-state index contributed by atoms with van der Waals surface area (Å²) in [5.41, 5.74) is 1.03. The van der Waals surface area contributed by atoms with Crippen LogP contribution in [0, 0.1) is 5.92 Å². The fourth-order valence-electron chi connectivity index (χ4n) is 3.69. The maximum Gasteiger partial charge on any atom is 0.223 e. The SMILES string of the molecule is C[C@H](NC(=O)C[C@@H]1C=C[C@H](NC(=O)C2CCOCC2)[C@H](CO)O1)c1ccccc1. The van der Waals surface area contributed by atoms with Crippen LogP contribution >= 0.6 is 0 Å². The third kappa shape index (κ3) is 6.13. The topological polar surface area (TPSA) is 96.9 Å². The van der Waals surface area contributed by atoms with Gasteiger partial charge in [-0.1, -0.05) is 42.5 Å². The summed E-state index contributed by atoms with van der Waals surface area (Å²) >= 11 is 0. The van der Waals surface area contributed by atoms with Crippen molar-refractivity contribution in [2.24, 2.45) is 5.92 Å². The highest BCUT2D eigenvalue weighted by atomic mass is 16.5.